The Labute approximate surface area is 125 Å². The Kier molecular flexibility index (Phi) is 4.84. The van der Waals surface area contributed by atoms with Crippen LogP contribution >= 0.6 is 27.5 Å². The van der Waals surface area contributed by atoms with Crippen LogP contribution < -0.4 is 0 Å². The third kappa shape index (κ3) is 3.11. The van der Waals surface area contributed by atoms with Crippen LogP contribution in [-0.4, -0.2) is 48.3 Å². The maximum Gasteiger partial charge on any atom is 0.255 e. The minimum Gasteiger partial charge on any atom is -0.394 e. The molecule has 104 valence electrons. The largest absolute Gasteiger partial charge is 0.394 e. The smallest absolute Gasteiger partial charge is 0.255 e. The highest BCUT2D eigenvalue weighted by atomic mass is 79.9. The molecule has 0 spiro atoms. The molecule has 1 saturated heterocycles. The zero-order chi connectivity index (χ0) is 14.0. The highest BCUT2D eigenvalue weighted by Crippen LogP contribution is 2.27. The third-order valence-electron chi connectivity index (χ3n) is 3.34. The summed E-state index contributed by atoms with van der Waals surface area (Å²) in [5.41, 5.74) is 0.503. The first-order valence-electron chi connectivity index (χ1n) is 5.96. The first kappa shape index (κ1) is 14.8. The number of aliphatic hydroxyl groups is 1. The highest BCUT2D eigenvalue weighted by Gasteiger charge is 2.35. The summed E-state index contributed by atoms with van der Waals surface area (Å²) < 4.78 is 5.96. The van der Waals surface area contributed by atoms with Crippen LogP contribution in [0.5, 0.6) is 0 Å². The minimum absolute atomic E-state index is 0.0286. The van der Waals surface area contributed by atoms with Gasteiger partial charge in [0.1, 0.15) is 0 Å². The lowest BCUT2D eigenvalue weighted by Gasteiger charge is -2.23. The van der Waals surface area contributed by atoms with Crippen LogP contribution in [0.25, 0.3) is 0 Å². The number of hydrogen-bond acceptors (Lipinski definition) is 3. The first-order valence-corrected chi connectivity index (χ1v) is 7.13. The predicted molar refractivity (Wildman–Crippen MR) is 76.5 cm³/mol. The summed E-state index contributed by atoms with van der Waals surface area (Å²) in [6.45, 7) is 0.420. The number of carbonyl (C=O) groups excluding carboxylic acids is 1. The lowest BCUT2D eigenvalue weighted by Crippen LogP contribution is -2.38. The van der Waals surface area contributed by atoms with E-state index < -0.39 is 0 Å². The molecule has 1 aromatic rings. The Balaban J connectivity index is 2.25. The SMILES string of the molecule is CO[C@@H]1C[C@@H](CO)N(C(=O)c2cc(Cl)ccc2Br)C1. The van der Waals surface area contributed by atoms with Gasteiger partial charge >= 0.3 is 0 Å². The standard InChI is InChI=1S/C13H15BrClNO3/c1-19-10-5-9(7-17)16(6-10)13(18)11-4-8(15)2-3-12(11)14/h2-4,9-10,17H,5-7H2,1H3/t9-,10+/m0/s1. The lowest BCUT2D eigenvalue weighted by atomic mass is 10.1. The molecule has 1 fully saturated rings. The Morgan fingerprint density at radius 2 is 2.37 bits per heavy atom. The number of rotatable bonds is 3. The number of likely N-dealkylation sites (tertiary alicyclic amines) is 1. The number of benzene rings is 1. The van der Waals surface area contributed by atoms with Gasteiger partial charge in [-0.25, -0.2) is 0 Å². The summed E-state index contributed by atoms with van der Waals surface area (Å²) in [4.78, 5) is 14.2. The van der Waals surface area contributed by atoms with Crippen LogP contribution in [0.4, 0.5) is 0 Å². The van der Waals surface area contributed by atoms with Gasteiger partial charge in [-0.3, -0.25) is 4.79 Å². The molecule has 19 heavy (non-hydrogen) atoms. The lowest BCUT2D eigenvalue weighted by molar-refractivity contribution is 0.0647. The Hall–Kier alpha value is -0.620. The molecule has 0 bridgehead atoms. The number of nitrogens with zero attached hydrogens (tertiary/aromatic N) is 1. The monoisotopic (exact) mass is 347 g/mol. The van der Waals surface area contributed by atoms with Crippen molar-refractivity contribution in [2.45, 2.75) is 18.6 Å². The van der Waals surface area contributed by atoms with Crippen LogP contribution in [0.15, 0.2) is 22.7 Å². The summed E-state index contributed by atoms with van der Waals surface area (Å²) in [6.07, 6.45) is 0.621. The molecule has 1 heterocycles. The average molecular weight is 349 g/mol. The summed E-state index contributed by atoms with van der Waals surface area (Å²) in [5.74, 6) is -0.145. The molecule has 1 amide bonds. The second-order valence-electron chi connectivity index (χ2n) is 4.51. The van der Waals surface area contributed by atoms with Gasteiger partial charge in [-0.2, -0.15) is 0 Å². The van der Waals surface area contributed by atoms with E-state index in [1.807, 2.05) is 0 Å². The summed E-state index contributed by atoms with van der Waals surface area (Å²) in [6, 6.07) is 4.88. The van der Waals surface area contributed by atoms with Crippen molar-refractivity contribution in [2.24, 2.45) is 0 Å². The molecule has 2 atom stereocenters. The molecule has 0 unspecified atom stereocenters. The molecule has 0 radical (unpaired) electrons. The Morgan fingerprint density at radius 1 is 1.63 bits per heavy atom. The van der Waals surface area contributed by atoms with Crippen LogP contribution in [0, 0.1) is 0 Å². The highest BCUT2D eigenvalue weighted by molar-refractivity contribution is 9.10. The topological polar surface area (TPSA) is 49.8 Å². The van der Waals surface area contributed by atoms with Crippen molar-refractivity contribution in [1.82, 2.24) is 4.90 Å². The molecule has 6 heteroatoms. The fraction of sp³-hybridized carbons (Fsp3) is 0.462. The van der Waals surface area contributed by atoms with E-state index in [0.29, 0.717) is 28.0 Å². The maximum absolute atomic E-state index is 12.5. The number of halogens is 2. The Bertz CT molecular complexity index is 483. The number of hydrogen-bond donors (Lipinski definition) is 1. The molecule has 2 rings (SSSR count). The van der Waals surface area contributed by atoms with E-state index in [9.17, 15) is 9.90 Å². The van der Waals surface area contributed by atoms with Crippen molar-refractivity contribution in [3.63, 3.8) is 0 Å². The van der Waals surface area contributed by atoms with Gasteiger partial charge in [0.25, 0.3) is 5.91 Å². The molecule has 0 aliphatic carbocycles. The fourth-order valence-electron chi connectivity index (χ4n) is 2.28. The summed E-state index contributed by atoms with van der Waals surface area (Å²) in [7, 11) is 1.61. The summed E-state index contributed by atoms with van der Waals surface area (Å²) in [5, 5.41) is 9.89. The molecule has 1 aliphatic rings. The van der Waals surface area contributed by atoms with Crippen LogP contribution in [-0.2, 0) is 4.74 Å². The van der Waals surface area contributed by atoms with Gasteiger partial charge < -0.3 is 14.7 Å². The molecule has 1 aliphatic heterocycles. The molecular weight excluding hydrogens is 334 g/mol. The van der Waals surface area contributed by atoms with Crippen LogP contribution in [0.3, 0.4) is 0 Å². The number of methoxy groups -OCH3 is 1. The zero-order valence-electron chi connectivity index (χ0n) is 10.5. The summed E-state index contributed by atoms with van der Waals surface area (Å²) >= 11 is 9.28. The fourth-order valence-corrected chi connectivity index (χ4v) is 2.87. The zero-order valence-corrected chi connectivity index (χ0v) is 12.8. The van der Waals surface area contributed by atoms with Crippen molar-refractivity contribution in [3.8, 4) is 0 Å². The van der Waals surface area contributed by atoms with E-state index in [2.05, 4.69) is 15.9 Å². The minimum atomic E-state index is -0.205. The van der Waals surface area contributed by atoms with E-state index in [4.69, 9.17) is 16.3 Å². The van der Waals surface area contributed by atoms with Crippen LogP contribution in [0.1, 0.15) is 16.8 Å². The van der Waals surface area contributed by atoms with E-state index in [1.165, 1.54) is 0 Å². The van der Waals surface area contributed by atoms with Gasteiger partial charge in [-0.05, 0) is 40.5 Å². The third-order valence-corrected chi connectivity index (χ3v) is 4.27. The second kappa shape index (κ2) is 6.22. The quantitative estimate of drug-likeness (QED) is 0.912. The van der Waals surface area contributed by atoms with Crippen LogP contribution in [0.2, 0.25) is 5.02 Å². The second-order valence-corrected chi connectivity index (χ2v) is 5.80. The van der Waals surface area contributed by atoms with Gasteiger partial charge in [0, 0.05) is 23.1 Å². The van der Waals surface area contributed by atoms with Gasteiger partial charge in [-0.15, -0.1) is 0 Å². The van der Waals surface area contributed by atoms with Gasteiger partial charge in [-0.1, -0.05) is 11.6 Å². The predicted octanol–water partition coefficient (Wildman–Crippen LogP) is 2.32. The van der Waals surface area contributed by atoms with Crippen molar-refractivity contribution < 1.29 is 14.6 Å². The molecule has 4 nitrogen and oxygen atoms in total. The van der Waals surface area contributed by atoms with Gasteiger partial charge in [0.15, 0.2) is 0 Å². The molecule has 1 aromatic carbocycles. The maximum atomic E-state index is 12.5. The van der Waals surface area contributed by atoms with Gasteiger partial charge in [0.2, 0.25) is 0 Å². The van der Waals surface area contributed by atoms with Gasteiger partial charge in [0.05, 0.1) is 24.3 Å². The molecular formula is C13H15BrClNO3. The van der Waals surface area contributed by atoms with Crippen molar-refractivity contribution in [2.75, 3.05) is 20.3 Å². The Morgan fingerprint density at radius 3 is 3.00 bits per heavy atom. The number of amides is 1. The normalized spacial score (nSPS) is 22.8. The van der Waals surface area contributed by atoms with E-state index in [-0.39, 0.29) is 24.7 Å². The first-order chi connectivity index (χ1) is 9.06. The van der Waals surface area contributed by atoms with Crippen molar-refractivity contribution in [1.29, 1.82) is 0 Å². The van der Waals surface area contributed by atoms with Crippen molar-refractivity contribution in [3.05, 3.63) is 33.3 Å². The number of aliphatic hydroxyl groups excluding tert-OH is 1. The molecule has 0 saturated carbocycles. The number of carbonyl (C=O) groups is 1. The van der Waals surface area contributed by atoms with Crippen molar-refractivity contribution >= 4 is 33.4 Å². The average Bonchev–Trinajstić information content (AvgIpc) is 2.84. The number of ether oxygens (including phenoxy) is 1. The molecule has 1 N–H and O–H groups in total. The molecule has 0 aromatic heterocycles. The van der Waals surface area contributed by atoms with E-state index in [0.717, 1.165) is 0 Å². The van der Waals surface area contributed by atoms with E-state index in [1.54, 1.807) is 30.2 Å². The van der Waals surface area contributed by atoms with E-state index >= 15 is 0 Å².